The number of hydrogen-bond acceptors (Lipinski definition) is 1. The first-order valence-corrected chi connectivity index (χ1v) is 3.77. The van der Waals surface area contributed by atoms with Crippen molar-refractivity contribution in [3.8, 4) is 0 Å². The smallest absolute Gasteiger partial charge is 0.662 e. The Kier molecular flexibility index (Phi) is 8.34. The molecule has 1 unspecified atom stereocenters. The summed E-state index contributed by atoms with van der Waals surface area (Å²) < 4.78 is 0. The van der Waals surface area contributed by atoms with Crippen LogP contribution >= 0.6 is 0 Å². The molecule has 54 valence electrons. The van der Waals surface area contributed by atoms with Crippen LogP contribution in [0.2, 0.25) is 0 Å². The van der Waals surface area contributed by atoms with Crippen LogP contribution in [-0.4, -0.2) is 19.6 Å². The average molecular weight is 166 g/mol. The second-order valence-corrected chi connectivity index (χ2v) is 2.70. The summed E-state index contributed by atoms with van der Waals surface area (Å²) >= 11 is 0. The molecule has 0 aromatic heterocycles. The van der Waals surface area contributed by atoms with Crippen LogP contribution in [0.15, 0.2) is 0 Å². The van der Waals surface area contributed by atoms with Crippen molar-refractivity contribution in [1.82, 2.24) is 0 Å². The van der Waals surface area contributed by atoms with Crippen LogP contribution in [0, 0.1) is 5.92 Å². The van der Waals surface area contributed by atoms with E-state index in [0.717, 1.165) is 25.6 Å². The number of nitrogens with zero attached hydrogens (tertiary/aromatic N) is 1. The Labute approximate surface area is 106 Å². The molecule has 0 radical (unpaired) electrons. The van der Waals surface area contributed by atoms with Gasteiger partial charge in [-0.1, -0.05) is 19.3 Å². The predicted octanol–water partition coefficient (Wildman–Crippen LogP) is -1.88. The van der Waals surface area contributed by atoms with E-state index in [1.807, 2.05) is 0 Å². The maximum Gasteiger partial charge on any atom is 1.00 e. The van der Waals surface area contributed by atoms with Gasteiger partial charge in [0.05, 0.1) is 0 Å². The third kappa shape index (κ3) is 4.44. The quantitative estimate of drug-likeness (QED) is 0.455. The first-order valence-electron chi connectivity index (χ1n) is 3.77. The first-order chi connectivity index (χ1) is 4.43. The molecule has 0 aromatic rings. The summed E-state index contributed by atoms with van der Waals surface area (Å²) in [6.45, 7) is 2.97. The summed E-state index contributed by atoms with van der Waals surface area (Å²) in [5.41, 5.74) is 5.53. The zero-order valence-corrected chi connectivity index (χ0v) is 9.97. The number of nitrogens with two attached hydrogens (primary N) is 1. The van der Waals surface area contributed by atoms with Crippen LogP contribution in [-0.2, 0) is 0 Å². The molecule has 1 aliphatic heterocycles. The SMILES string of the molecule is NCC1CCC[N-]CC1.[K+]. The summed E-state index contributed by atoms with van der Waals surface area (Å²) in [6.07, 6.45) is 3.76. The molecule has 1 saturated heterocycles. The van der Waals surface area contributed by atoms with Crippen molar-refractivity contribution in [1.29, 1.82) is 0 Å². The fraction of sp³-hybridized carbons (Fsp3) is 1.00. The van der Waals surface area contributed by atoms with Crippen molar-refractivity contribution in [2.24, 2.45) is 11.7 Å². The van der Waals surface area contributed by atoms with Gasteiger partial charge in [-0.15, -0.1) is 13.1 Å². The van der Waals surface area contributed by atoms with Crippen LogP contribution in [0.1, 0.15) is 19.3 Å². The second-order valence-electron chi connectivity index (χ2n) is 2.70. The normalized spacial score (nSPS) is 26.7. The van der Waals surface area contributed by atoms with Crippen molar-refractivity contribution in [2.75, 3.05) is 19.6 Å². The summed E-state index contributed by atoms with van der Waals surface area (Å²) in [6, 6.07) is 0. The second kappa shape index (κ2) is 7.22. The first kappa shape index (κ1) is 11.6. The van der Waals surface area contributed by atoms with E-state index in [4.69, 9.17) is 5.73 Å². The molecule has 1 fully saturated rings. The Balaban J connectivity index is 0.000000810. The number of rotatable bonds is 1. The molecule has 0 saturated carbocycles. The van der Waals surface area contributed by atoms with E-state index in [1.165, 1.54) is 19.3 Å². The Morgan fingerprint density at radius 2 is 2.10 bits per heavy atom. The predicted molar refractivity (Wildman–Crippen MR) is 39.5 cm³/mol. The van der Waals surface area contributed by atoms with E-state index in [9.17, 15) is 0 Å². The Hall–Kier alpha value is 1.56. The topological polar surface area (TPSA) is 40.1 Å². The van der Waals surface area contributed by atoms with E-state index in [2.05, 4.69) is 5.32 Å². The Bertz CT molecular complexity index is 70.0. The minimum Gasteiger partial charge on any atom is -0.662 e. The summed E-state index contributed by atoms with van der Waals surface area (Å²) in [5.74, 6) is 0.760. The molecule has 0 amide bonds. The van der Waals surface area contributed by atoms with Crippen molar-refractivity contribution in [2.45, 2.75) is 19.3 Å². The van der Waals surface area contributed by atoms with Crippen LogP contribution in [0.5, 0.6) is 0 Å². The van der Waals surface area contributed by atoms with Crippen LogP contribution < -0.4 is 57.1 Å². The Morgan fingerprint density at radius 3 is 2.80 bits per heavy atom. The van der Waals surface area contributed by atoms with Gasteiger partial charge in [0.25, 0.3) is 0 Å². The largest absolute Gasteiger partial charge is 1.00 e. The zero-order valence-electron chi connectivity index (χ0n) is 6.84. The van der Waals surface area contributed by atoms with Gasteiger partial charge in [0.15, 0.2) is 0 Å². The van der Waals surface area contributed by atoms with E-state index < -0.39 is 0 Å². The average Bonchev–Trinajstić information content (AvgIpc) is 2.13. The van der Waals surface area contributed by atoms with Gasteiger partial charge in [0.1, 0.15) is 0 Å². The van der Waals surface area contributed by atoms with Gasteiger partial charge in [0, 0.05) is 0 Å². The standard InChI is InChI=1S/C7H15N2.K/c8-6-7-2-1-4-9-5-3-7;/h7H,1-6,8H2;/q-1;+1. The van der Waals surface area contributed by atoms with Crippen molar-refractivity contribution in [3.05, 3.63) is 5.32 Å². The van der Waals surface area contributed by atoms with Crippen molar-refractivity contribution < 1.29 is 51.4 Å². The maximum absolute atomic E-state index is 5.53. The molecular formula is C7H15KN2. The Morgan fingerprint density at radius 1 is 1.30 bits per heavy atom. The molecule has 0 spiro atoms. The molecule has 0 aliphatic carbocycles. The van der Waals surface area contributed by atoms with Gasteiger partial charge < -0.3 is 11.1 Å². The molecule has 1 aliphatic rings. The van der Waals surface area contributed by atoms with Gasteiger partial charge in [0.2, 0.25) is 0 Å². The third-order valence-corrected chi connectivity index (χ3v) is 1.96. The zero-order chi connectivity index (χ0) is 6.53. The fourth-order valence-corrected chi connectivity index (χ4v) is 1.26. The molecule has 1 rings (SSSR count). The molecule has 0 aromatic carbocycles. The molecule has 1 heterocycles. The summed E-state index contributed by atoms with van der Waals surface area (Å²) in [7, 11) is 0. The van der Waals surface area contributed by atoms with Gasteiger partial charge in [-0.3, -0.25) is 0 Å². The van der Waals surface area contributed by atoms with E-state index in [-0.39, 0.29) is 51.4 Å². The van der Waals surface area contributed by atoms with Crippen LogP contribution in [0.25, 0.3) is 5.32 Å². The van der Waals surface area contributed by atoms with Gasteiger partial charge in [-0.2, -0.15) is 0 Å². The molecule has 1 atom stereocenters. The molecule has 3 heteroatoms. The molecular weight excluding hydrogens is 151 g/mol. The molecule has 0 bridgehead atoms. The van der Waals surface area contributed by atoms with Crippen molar-refractivity contribution in [3.63, 3.8) is 0 Å². The van der Waals surface area contributed by atoms with E-state index in [1.54, 1.807) is 0 Å². The van der Waals surface area contributed by atoms with Gasteiger partial charge in [-0.05, 0) is 12.5 Å². The van der Waals surface area contributed by atoms with E-state index in [0.29, 0.717) is 0 Å². The monoisotopic (exact) mass is 166 g/mol. The van der Waals surface area contributed by atoms with Crippen LogP contribution in [0.3, 0.4) is 0 Å². The molecule has 2 nitrogen and oxygen atoms in total. The van der Waals surface area contributed by atoms with Crippen molar-refractivity contribution >= 4 is 0 Å². The van der Waals surface area contributed by atoms with Gasteiger partial charge >= 0.3 is 51.4 Å². The minimum atomic E-state index is 0. The van der Waals surface area contributed by atoms with Gasteiger partial charge in [-0.25, -0.2) is 0 Å². The third-order valence-electron chi connectivity index (χ3n) is 1.96. The maximum atomic E-state index is 5.53. The molecule has 10 heavy (non-hydrogen) atoms. The van der Waals surface area contributed by atoms with E-state index >= 15 is 0 Å². The summed E-state index contributed by atoms with van der Waals surface area (Å²) in [5, 5.41) is 4.31. The fourth-order valence-electron chi connectivity index (χ4n) is 1.26. The van der Waals surface area contributed by atoms with Crippen LogP contribution in [0.4, 0.5) is 0 Å². The molecule has 2 N–H and O–H groups in total. The number of hydrogen-bond donors (Lipinski definition) is 1. The summed E-state index contributed by atoms with van der Waals surface area (Å²) in [4.78, 5) is 0. The minimum absolute atomic E-state index is 0.